The zero-order chi connectivity index (χ0) is 10.1. The minimum absolute atomic E-state index is 0.338. The molecule has 0 radical (unpaired) electrons. The van der Waals surface area contributed by atoms with Gasteiger partial charge in [0.2, 0.25) is 5.91 Å². The van der Waals surface area contributed by atoms with E-state index in [0.717, 1.165) is 31.6 Å². The number of hydrogen-bond donors (Lipinski definition) is 2. The molecule has 13 heavy (non-hydrogen) atoms. The molecule has 3 heteroatoms. The quantitative estimate of drug-likeness (QED) is 0.672. The fraction of sp³-hybridized carbons (Fsp3) is 0.900. The van der Waals surface area contributed by atoms with E-state index in [1.54, 1.807) is 0 Å². The van der Waals surface area contributed by atoms with E-state index in [-0.39, 0.29) is 5.91 Å². The fourth-order valence-corrected chi connectivity index (χ4v) is 2.07. The molecule has 0 aromatic carbocycles. The Hall–Kier alpha value is -0.570. The average Bonchev–Trinajstić information content (AvgIpc) is 2.04. The Labute approximate surface area is 79.9 Å². The predicted octanol–water partition coefficient (Wildman–Crippen LogP) is 1.02. The molecule has 0 spiro atoms. The minimum Gasteiger partial charge on any atom is -0.368 e. The monoisotopic (exact) mass is 184 g/mol. The number of hydrogen-bond acceptors (Lipinski definition) is 2. The second-order valence-electron chi connectivity index (χ2n) is 4.60. The van der Waals surface area contributed by atoms with E-state index in [1.807, 2.05) is 0 Å². The van der Waals surface area contributed by atoms with Crippen LogP contribution in [0.2, 0.25) is 0 Å². The van der Waals surface area contributed by atoms with Gasteiger partial charge in [0, 0.05) is 0 Å². The van der Waals surface area contributed by atoms with Crippen molar-refractivity contribution in [3.05, 3.63) is 0 Å². The van der Waals surface area contributed by atoms with Crippen LogP contribution in [0.4, 0.5) is 0 Å². The van der Waals surface area contributed by atoms with Crippen molar-refractivity contribution in [2.75, 3.05) is 0 Å². The Balaban J connectivity index is 2.51. The van der Waals surface area contributed by atoms with Crippen LogP contribution in [0.3, 0.4) is 0 Å². The molecule has 0 aliphatic heterocycles. The van der Waals surface area contributed by atoms with Gasteiger partial charge in [0.25, 0.3) is 0 Å². The first-order valence-corrected chi connectivity index (χ1v) is 5.04. The molecule has 0 bridgehead atoms. The molecular weight excluding hydrogens is 164 g/mol. The molecule has 0 atom stereocenters. The van der Waals surface area contributed by atoms with E-state index < -0.39 is 5.54 Å². The third-order valence-electron chi connectivity index (χ3n) is 3.36. The molecule has 1 aliphatic rings. The smallest absolute Gasteiger partial charge is 0.237 e. The van der Waals surface area contributed by atoms with E-state index in [2.05, 4.69) is 13.8 Å². The van der Waals surface area contributed by atoms with Crippen LogP contribution in [0.15, 0.2) is 0 Å². The van der Waals surface area contributed by atoms with E-state index in [0.29, 0.717) is 5.92 Å². The van der Waals surface area contributed by atoms with E-state index in [1.165, 1.54) is 0 Å². The molecule has 1 amide bonds. The summed E-state index contributed by atoms with van der Waals surface area (Å²) >= 11 is 0. The third-order valence-corrected chi connectivity index (χ3v) is 3.36. The van der Waals surface area contributed by atoms with Gasteiger partial charge in [-0.1, -0.05) is 13.8 Å². The number of primary amides is 1. The van der Waals surface area contributed by atoms with E-state index >= 15 is 0 Å². The molecule has 1 fully saturated rings. The highest BCUT2D eigenvalue weighted by Crippen LogP contribution is 2.34. The van der Waals surface area contributed by atoms with Crippen LogP contribution in [0.25, 0.3) is 0 Å². The van der Waals surface area contributed by atoms with Gasteiger partial charge in [-0.25, -0.2) is 0 Å². The van der Waals surface area contributed by atoms with Crippen molar-refractivity contribution < 1.29 is 4.79 Å². The summed E-state index contributed by atoms with van der Waals surface area (Å²) in [5, 5.41) is 0. The van der Waals surface area contributed by atoms with Crippen molar-refractivity contribution >= 4 is 5.91 Å². The Morgan fingerprint density at radius 2 is 1.85 bits per heavy atom. The van der Waals surface area contributed by atoms with Gasteiger partial charge in [0.1, 0.15) is 0 Å². The highest BCUT2D eigenvalue weighted by atomic mass is 16.1. The lowest BCUT2D eigenvalue weighted by molar-refractivity contribution is -0.124. The normalized spacial score (nSPS) is 34.9. The molecule has 0 aromatic heterocycles. The second kappa shape index (κ2) is 3.66. The number of nitrogens with two attached hydrogens (primary N) is 2. The van der Waals surface area contributed by atoms with Crippen LogP contribution >= 0.6 is 0 Å². The first kappa shape index (κ1) is 10.5. The molecular formula is C10H20N2O. The molecule has 1 rings (SSSR count). The topological polar surface area (TPSA) is 69.1 Å². The molecule has 3 nitrogen and oxygen atoms in total. The second-order valence-corrected chi connectivity index (χ2v) is 4.60. The number of carbonyl (C=O) groups is 1. The first-order chi connectivity index (χ1) is 5.96. The van der Waals surface area contributed by atoms with Crippen molar-refractivity contribution in [2.24, 2.45) is 23.3 Å². The maximum atomic E-state index is 11.0. The standard InChI is InChI=1S/C10H20N2O/c1-7(2)8-3-5-10(12,6-4-8)9(11)13/h7-8H,3-6,12H2,1-2H3,(H2,11,13). The van der Waals surface area contributed by atoms with Gasteiger partial charge < -0.3 is 11.5 Å². The Morgan fingerprint density at radius 1 is 1.38 bits per heavy atom. The van der Waals surface area contributed by atoms with Gasteiger partial charge in [-0.2, -0.15) is 0 Å². The SMILES string of the molecule is CC(C)C1CCC(N)(C(N)=O)CC1. The molecule has 1 saturated carbocycles. The van der Waals surface area contributed by atoms with Crippen molar-refractivity contribution in [1.29, 1.82) is 0 Å². The van der Waals surface area contributed by atoms with Gasteiger partial charge in [-0.3, -0.25) is 4.79 Å². The van der Waals surface area contributed by atoms with Crippen molar-refractivity contribution in [3.63, 3.8) is 0 Å². The highest BCUT2D eigenvalue weighted by molar-refractivity contribution is 5.84. The molecule has 0 unspecified atom stereocenters. The van der Waals surface area contributed by atoms with Gasteiger partial charge in [-0.15, -0.1) is 0 Å². The number of amides is 1. The highest BCUT2D eigenvalue weighted by Gasteiger charge is 2.37. The summed E-state index contributed by atoms with van der Waals surface area (Å²) in [5.41, 5.74) is 10.4. The van der Waals surface area contributed by atoms with Crippen LogP contribution in [0.5, 0.6) is 0 Å². The summed E-state index contributed by atoms with van der Waals surface area (Å²) in [7, 11) is 0. The van der Waals surface area contributed by atoms with Crippen molar-refractivity contribution in [3.8, 4) is 0 Å². The Kier molecular flexibility index (Phi) is 2.96. The minimum atomic E-state index is -0.717. The van der Waals surface area contributed by atoms with E-state index in [9.17, 15) is 4.79 Å². The van der Waals surface area contributed by atoms with E-state index in [4.69, 9.17) is 11.5 Å². The van der Waals surface area contributed by atoms with Crippen LogP contribution in [-0.4, -0.2) is 11.4 Å². The van der Waals surface area contributed by atoms with Gasteiger partial charge >= 0.3 is 0 Å². The summed E-state index contributed by atoms with van der Waals surface area (Å²) in [6, 6.07) is 0. The third kappa shape index (κ3) is 2.21. The molecule has 0 saturated heterocycles. The molecule has 4 N–H and O–H groups in total. The van der Waals surface area contributed by atoms with Crippen LogP contribution in [-0.2, 0) is 4.79 Å². The lowest BCUT2D eigenvalue weighted by Crippen LogP contribution is -2.54. The predicted molar refractivity (Wildman–Crippen MR) is 52.9 cm³/mol. The summed E-state index contributed by atoms with van der Waals surface area (Å²) in [6.45, 7) is 4.44. The maximum Gasteiger partial charge on any atom is 0.237 e. The lowest BCUT2D eigenvalue weighted by Gasteiger charge is -2.36. The molecule has 0 aromatic rings. The van der Waals surface area contributed by atoms with Gasteiger partial charge in [0.05, 0.1) is 5.54 Å². The Morgan fingerprint density at radius 3 is 2.15 bits per heavy atom. The number of rotatable bonds is 2. The Bertz CT molecular complexity index is 193. The summed E-state index contributed by atoms with van der Waals surface area (Å²) in [6.07, 6.45) is 3.59. The largest absolute Gasteiger partial charge is 0.368 e. The number of carbonyl (C=O) groups excluding carboxylic acids is 1. The lowest BCUT2D eigenvalue weighted by atomic mass is 9.73. The zero-order valence-corrected chi connectivity index (χ0v) is 8.55. The molecule has 1 aliphatic carbocycles. The van der Waals surface area contributed by atoms with Gasteiger partial charge in [0.15, 0.2) is 0 Å². The van der Waals surface area contributed by atoms with Crippen LogP contribution < -0.4 is 11.5 Å². The fourth-order valence-electron chi connectivity index (χ4n) is 2.07. The molecule has 0 heterocycles. The average molecular weight is 184 g/mol. The summed E-state index contributed by atoms with van der Waals surface area (Å²) in [5.74, 6) is 1.07. The van der Waals surface area contributed by atoms with Gasteiger partial charge in [-0.05, 0) is 37.5 Å². The zero-order valence-electron chi connectivity index (χ0n) is 8.55. The summed E-state index contributed by atoms with van der Waals surface area (Å²) < 4.78 is 0. The van der Waals surface area contributed by atoms with Crippen molar-refractivity contribution in [1.82, 2.24) is 0 Å². The summed E-state index contributed by atoms with van der Waals surface area (Å²) in [4.78, 5) is 11.0. The van der Waals surface area contributed by atoms with Crippen molar-refractivity contribution in [2.45, 2.75) is 45.1 Å². The maximum absolute atomic E-state index is 11.0. The van der Waals surface area contributed by atoms with Crippen LogP contribution in [0.1, 0.15) is 39.5 Å². The van der Waals surface area contributed by atoms with Crippen LogP contribution in [0, 0.1) is 11.8 Å². The molecule has 76 valence electrons. The first-order valence-electron chi connectivity index (χ1n) is 5.04.